The number of benzene rings is 1. The summed E-state index contributed by atoms with van der Waals surface area (Å²) in [6, 6.07) is 9.13. The van der Waals surface area contributed by atoms with E-state index < -0.39 is 0 Å². The third-order valence-corrected chi connectivity index (χ3v) is 4.06. The van der Waals surface area contributed by atoms with Crippen molar-refractivity contribution in [2.45, 2.75) is 63.8 Å². The van der Waals surface area contributed by atoms with Crippen LogP contribution >= 0.6 is 0 Å². The molecule has 1 aliphatic heterocycles. The van der Waals surface area contributed by atoms with Crippen LogP contribution in [0.1, 0.15) is 45.1 Å². The monoisotopic (exact) mass is 275 g/mol. The molecule has 3 nitrogen and oxygen atoms in total. The second-order valence-electron chi connectivity index (χ2n) is 6.65. The van der Waals surface area contributed by atoms with Crippen LogP contribution in [0.25, 0.3) is 0 Å². The predicted molar refractivity (Wildman–Crippen MR) is 80.0 cm³/mol. The Morgan fingerprint density at radius 1 is 1.30 bits per heavy atom. The van der Waals surface area contributed by atoms with Gasteiger partial charge in [-0.25, -0.2) is 0 Å². The van der Waals surface area contributed by atoms with Crippen molar-refractivity contribution in [3.63, 3.8) is 0 Å². The fourth-order valence-corrected chi connectivity index (χ4v) is 2.68. The second kappa shape index (κ2) is 5.74. The maximum atomic E-state index is 5.95. The van der Waals surface area contributed by atoms with Gasteiger partial charge < -0.3 is 14.8 Å². The van der Waals surface area contributed by atoms with E-state index in [2.05, 4.69) is 37.4 Å². The minimum absolute atomic E-state index is 0.0179. The molecule has 1 N–H and O–H groups in total. The van der Waals surface area contributed by atoms with E-state index in [0.717, 1.165) is 31.2 Å². The van der Waals surface area contributed by atoms with Crippen molar-refractivity contribution >= 4 is 0 Å². The summed E-state index contributed by atoms with van der Waals surface area (Å²) >= 11 is 0. The molecule has 0 radical (unpaired) electrons. The summed E-state index contributed by atoms with van der Waals surface area (Å²) in [5.41, 5.74) is 1.31. The largest absolute Gasteiger partial charge is 0.491 e. The van der Waals surface area contributed by atoms with Crippen molar-refractivity contribution in [1.29, 1.82) is 0 Å². The van der Waals surface area contributed by atoms with Crippen LogP contribution < -0.4 is 10.1 Å². The van der Waals surface area contributed by atoms with Crippen LogP contribution in [0.15, 0.2) is 24.3 Å². The fraction of sp³-hybridized carbons (Fsp3) is 0.647. The van der Waals surface area contributed by atoms with E-state index >= 15 is 0 Å². The summed E-state index contributed by atoms with van der Waals surface area (Å²) in [7, 11) is 0. The third kappa shape index (κ3) is 3.97. The summed E-state index contributed by atoms with van der Waals surface area (Å²) in [6.45, 7) is 5.89. The number of hydrogen-bond donors (Lipinski definition) is 1. The van der Waals surface area contributed by atoms with E-state index in [1.54, 1.807) is 0 Å². The van der Waals surface area contributed by atoms with Crippen LogP contribution in [0.5, 0.6) is 5.75 Å². The molecule has 1 saturated heterocycles. The molecule has 1 aliphatic carbocycles. The van der Waals surface area contributed by atoms with Crippen LogP contribution in [0.2, 0.25) is 0 Å². The van der Waals surface area contributed by atoms with Gasteiger partial charge in [-0.2, -0.15) is 0 Å². The van der Waals surface area contributed by atoms with E-state index in [4.69, 9.17) is 9.47 Å². The van der Waals surface area contributed by atoms with Crippen LogP contribution in [0.3, 0.4) is 0 Å². The molecule has 0 bridgehead atoms. The Morgan fingerprint density at radius 2 is 2.15 bits per heavy atom. The Balaban J connectivity index is 1.48. The van der Waals surface area contributed by atoms with E-state index in [-0.39, 0.29) is 11.7 Å². The zero-order chi connectivity index (χ0) is 14.0. The molecule has 2 aliphatic rings. The zero-order valence-electron chi connectivity index (χ0n) is 12.5. The van der Waals surface area contributed by atoms with Crippen molar-refractivity contribution in [1.82, 2.24) is 5.32 Å². The minimum atomic E-state index is 0.0179. The maximum Gasteiger partial charge on any atom is 0.119 e. The van der Waals surface area contributed by atoms with E-state index in [9.17, 15) is 0 Å². The highest BCUT2D eigenvalue weighted by Gasteiger charge is 2.31. The molecule has 0 aromatic heterocycles. The van der Waals surface area contributed by atoms with Gasteiger partial charge in [0.1, 0.15) is 12.4 Å². The first-order valence-electron chi connectivity index (χ1n) is 7.74. The van der Waals surface area contributed by atoms with Crippen molar-refractivity contribution in [3.05, 3.63) is 29.8 Å². The highest BCUT2D eigenvalue weighted by Crippen LogP contribution is 2.29. The fourth-order valence-electron chi connectivity index (χ4n) is 2.68. The van der Waals surface area contributed by atoms with E-state index in [0.29, 0.717) is 6.61 Å². The van der Waals surface area contributed by atoms with Crippen molar-refractivity contribution < 1.29 is 9.47 Å². The molecule has 110 valence electrons. The van der Waals surface area contributed by atoms with Gasteiger partial charge in [-0.15, -0.1) is 0 Å². The van der Waals surface area contributed by atoms with E-state index in [1.165, 1.54) is 18.4 Å². The van der Waals surface area contributed by atoms with Crippen molar-refractivity contribution in [2.75, 3.05) is 6.61 Å². The lowest BCUT2D eigenvalue weighted by Gasteiger charge is -2.19. The number of nitrogens with one attached hydrogen (secondary N) is 1. The average molecular weight is 275 g/mol. The molecular formula is C17H25NO2. The first kappa shape index (κ1) is 13.9. The molecule has 1 aromatic rings. The normalized spacial score (nSPS) is 24.8. The first-order chi connectivity index (χ1) is 9.61. The zero-order valence-corrected chi connectivity index (χ0v) is 12.5. The summed E-state index contributed by atoms with van der Waals surface area (Å²) in [4.78, 5) is 0. The average Bonchev–Trinajstić information content (AvgIpc) is 3.18. The molecule has 3 rings (SSSR count). The highest BCUT2D eigenvalue weighted by atomic mass is 16.6. The first-order valence-corrected chi connectivity index (χ1v) is 7.74. The topological polar surface area (TPSA) is 30.5 Å². The minimum Gasteiger partial charge on any atom is -0.491 e. The van der Waals surface area contributed by atoms with Gasteiger partial charge in [-0.1, -0.05) is 12.1 Å². The number of hydrogen-bond acceptors (Lipinski definition) is 3. The maximum absolute atomic E-state index is 5.95. The standard InChI is InChI=1S/C17H25NO2/c1-17(2)9-8-16(20-17)12-19-15-5-3-4-13(10-15)11-18-14-6-7-14/h3-5,10,14,16,18H,6-9,11-12H2,1-2H3. The third-order valence-electron chi connectivity index (χ3n) is 4.06. The number of ether oxygens (including phenoxy) is 2. The lowest BCUT2D eigenvalue weighted by atomic mass is 10.1. The molecule has 20 heavy (non-hydrogen) atoms. The Kier molecular flexibility index (Phi) is 3.99. The lowest BCUT2D eigenvalue weighted by molar-refractivity contribution is -0.0326. The van der Waals surface area contributed by atoms with Crippen LogP contribution in [0, 0.1) is 0 Å². The number of rotatable bonds is 6. The van der Waals surface area contributed by atoms with Gasteiger partial charge in [0, 0.05) is 12.6 Å². The Labute approximate surface area is 121 Å². The van der Waals surface area contributed by atoms with Gasteiger partial charge in [0.2, 0.25) is 0 Å². The Hall–Kier alpha value is -1.06. The summed E-state index contributed by atoms with van der Waals surface area (Å²) in [5, 5.41) is 3.53. The summed E-state index contributed by atoms with van der Waals surface area (Å²) in [5.74, 6) is 0.952. The molecule has 2 fully saturated rings. The lowest BCUT2D eigenvalue weighted by Crippen LogP contribution is -2.23. The van der Waals surface area contributed by atoms with Crippen molar-refractivity contribution in [3.8, 4) is 5.75 Å². The van der Waals surface area contributed by atoms with Crippen molar-refractivity contribution in [2.24, 2.45) is 0 Å². The van der Waals surface area contributed by atoms with Gasteiger partial charge in [0.05, 0.1) is 11.7 Å². The molecule has 1 atom stereocenters. The molecular weight excluding hydrogens is 250 g/mol. The molecule has 0 spiro atoms. The van der Waals surface area contributed by atoms with Crippen LogP contribution in [-0.4, -0.2) is 24.4 Å². The van der Waals surface area contributed by atoms with Gasteiger partial charge in [0.25, 0.3) is 0 Å². The quantitative estimate of drug-likeness (QED) is 0.864. The SMILES string of the molecule is CC1(C)CCC(COc2cccc(CNC3CC3)c2)O1. The molecule has 3 heteroatoms. The summed E-state index contributed by atoms with van der Waals surface area (Å²) < 4.78 is 11.8. The molecule has 1 heterocycles. The molecule has 1 saturated carbocycles. The molecule has 0 amide bonds. The molecule has 1 aromatic carbocycles. The molecule has 1 unspecified atom stereocenters. The Bertz CT molecular complexity index is 454. The second-order valence-corrected chi connectivity index (χ2v) is 6.65. The highest BCUT2D eigenvalue weighted by molar-refractivity contribution is 5.28. The van der Waals surface area contributed by atoms with Gasteiger partial charge in [-0.05, 0) is 57.2 Å². The predicted octanol–water partition coefficient (Wildman–Crippen LogP) is 3.28. The van der Waals surface area contributed by atoms with E-state index in [1.807, 2.05) is 6.07 Å². The van der Waals surface area contributed by atoms with Gasteiger partial charge in [0.15, 0.2) is 0 Å². The van der Waals surface area contributed by atoms with Crippen LogP contribution in [-0.2, 0) is 11.3 Å². The van der Waals surface area contributed by atoms with Gasteiger partial charge >= 0.3 is 0 Å². The van der Waals surface area contributed by atoms with Gasteiger partial charge in [-0.3, -0.25) is 0 Å². The smallest absolute Gasteiger partial charge is 0.119 e. The summed E-state index contributed by atoms with van der Waals surface area (Å²) in [6.07, 6.45) is 5.09. The van der Waals surface area contributed by atoms with Crippen LogP contribution in [0.4, 0.5) is 0 Å². The Morgan fingerprint density at radius 3 is 2.85 bits per heavy atom.